The van der Waals surface area contributed by atoms with Gasteiger partial charge in [-0.15, -0.1) is 11.3 Å². The van der Waals surface area contributed by atoms with E-state index in [9.17, 15) is 4.79 Å². The van der Waals surface area contributed by atoms with Gasteiger partial charge in [-0.05, 0) is 38.8 Å². The normalized spacial score (nSPS) is 17.2. The van der Waals surface area contributed by atoms with E-state index in [-0.39, 0.29) is 11.3 Å². The number of nitrogens with zero attached hydrogens (tertiary/aromatic N) is 4. The van der Waals surface area contributed by atoms with Crippen molar-refractivity contribution < 1.29 is 4.79 Å². The van der Waals surface area contributed by atoms with Gasteiger partial charge in [0, 0.05) is 41.5 Å². The van der Waals surface area contributed by atoms with Crippen molar-refractivity contribution in [3.63, 3.8) is 0 Å². The number of hydrogen-bond acceptors (Lipinski definition) is 4. The Kier molecular flexibility index (Phi) is 3.87. The minimum atomic E-state index is 0.0282. The highest BCUT2D eigenvalue weighted by atomic mass is 32.1. The predicted octanol–water partition coefficient (Wildman–Crippen LogP) is 3.60. The molecule has 4 heterocycles. The van der Waals surface area contributed by atoms with E-state index >= 15 is 0 Å². The minimum Gasteiger partial charge on any atom is -0.337 e. The zero-order chi connectivity index (χ0) is 17.6. The summed E-state index contributed by atoms with van der Waals surface area (Å²) in [5.74, 6) is 0.0282. The van der Waals surface area contributed by atoms with Crippen LogP contribution in [0.3, 0.4) is 0 Å². The van der Waals surface area contributed by atoms with Gasteiger partial charge in [0.15, 0.2) is 0 Å². The van der Waals surface area contributed by atoms with Crippen LogP contribution in [-0.4, -0.2) is 38.3 Å². The summed E-state index contributed by atoms with van der Waals surface area (Å²) >= 11 is 1.77. The number of carbonyl (C=O) groups excluding carboxylic acids is 1. The molecule has 6 heteroatoms. The Labute approximate surface area is 151 Å². The Balaban J connectivity index is 1.51. The number of fused-ring (bicyclic) bond motifs is 1. The monoisotopic (exact) mass is 354 g/mol. The van der Waals surface area contributed by atoms with Crippen molar-refractivity contribution in [2.45, 2.75) is 39.0 Å². The van der Waals surface area contributed by atoms with Crippen molar-refractivity contribution in [1.29, 1.82) is 0 Å². The van der Waals surface area contributed by atoms with Crippen molar-refractivity contribution in [2.24, 2.45) is 0 Å². The van der Waals surface area contributed by atoms with E-state index in [1.165, 1.54) is 9.88 Å². The Morgan fingerprint density at radius 3 is 2.64 bits per heavy atom. The molecule has 130 valence electrons. The molecule has 0 radical (unpaired) electrons. The van der Waals surface area contributed by atoms with Gasteiger partial charge in [-0.1, -0.05) is 13.0 Å². The molecule has 1 amide bonds. The fourth-order valence-corrected chi connectivity index (χ4v) is 4.43. The lowest BCUT2D eigenvalue weighted by molar-refractivity contribution is 0.0670. The van der Waals surface area contributed by atoms with E-state index < -0.39 is 0 Å². The third kappa shape index (κ3) is 2.84. The first-order chi connectivity index (χ1) is 12.0. The third-order valence-electron chi connectivity index (χ3n) is 5.21. The number of imidazole rings is 1. The second-order valence-corrected chi connectivity index (χ2v) is 8.39. The average molecular weight is 354 g/mol. The van der Waals surface area contributed by atoms with Crippen LogP contribution in [0.5, 0.6) is 0 Å². The van der Waals surface area contributed by atoms with Gasteiger partial charge in [-0.2, -0.15) is 0 Å². The van der Waals surface area contributed by atoms with Crippen molar-refractivity contribution in [1.82, 2.24) is 19.3 Å². The van der Waals surface area contributed by atoms with E-state index in [2.05, 4.69) is 23.8 Å². The summed E-state index contributed by atoms with van der Waals surface area (Å²) in [4.78, 5) is 25.1. The van der Waals surface area contributed by atoms with Crippen molar-refractivity contribution in [3.8, 4) is 0 Å². The molecule has 1 fully saturated rings. The largest absolute Gasteiger partial charge is 0.337 e. The first kappa shape index (κ1) is 16.3. The second kappa shape index (κ2) is 5.95. The first-order valence-electron chi connectivity index (χ1n) is 8.63. The number of thiazole rings is 1. The van der Waals surface area contributed by atoms with Gasteiger partial charge in [0.25, 0.3) is 5.91 Å². The van der Waals surface area contributed by atoms with Gasteiger partial charge in [-0.25, -0.2) is 9.97 Å². The smallest absolute Gasteiger partial charge is 0.274 e. The second-order valence-electron chi connectivity index (χ2n) is 7.15. The highest BCUT2D eigenvalue weighted by Crippen LogP contribution is 2.37. The molecule has 0 unspecified atom stereocenters. The molecule has 0 spiro atoms. The predicted molar refractivity (Wildman–Crippen MR) is 99.3 cm³/mol. The molecule has 0 bridgehead atoms. The molecule has 0 aliphatic carbocycles. The van der Waals surface area contributed by atoms with E-state index in [0.29, 0.717) is 5.69 Å². The van der Waals surface area contributed by atoms with Crippen LogP contribution in [0.4, 0.5) is 0 Å². The van der Waals surface area contributed by atoms with Gasteiger partial charge >= 0.3 is 0 Å². The van der Waals surface area contributed by atoms with E-state index in [1.54, 1.807) is 11.3 Å². The fourth-order valence-electron chi connectivity index (χ4n) is 3.46. The van der Waals surface area contributed by atoms with Gasteiger partial charge in [0.2, 0.25) is 0 Å². The Morgan fingerprint density at radius 1 is 1.24 bits per heavy atom. The molecular weight excluding hydrogens is 332 g/mol. The molecule has 1 aliphatic heterocycles. The summed E-state index contributed by atoms with van der Waals surface area (Å²) in [7, 11) is 0. The number of rotatable bonds is 2. The molecule has 1 aliphatic rings. The SMILES string of the molecule is Cc1cnc(C2(C)CCN(C(=O)c3cn4c(C)cccc4n3)CC2)s1. The minimum absolute atomic E-state index is 0.0282. The Hall–Kier alpha value is -2.21. The Bertz CT molecular complexity index is 934. The zero-order valence-electron chi connectivity index (χ0n) is 14.8. The highest BCUT2D eigenvalue weighted by molar-refractivity contribution is 7.11. The lowest BCUT2D eigenvalue weighted by Gasteiger charge is -2.37. The number of pyridine rings is 1. The van der Waals surface area contributed by atoms with Crippen molar-refractivity contribution >= 4 is 22.9 Å². The molecule has 0 N–H and O–H groups in total. The number of aryl methyl sites for hydroxylation is 2. The van der Waals surface area contributed by atoms with Crippen LogP contribution in [0, 0.1) is 13.8 Å². The molecule has 4 rings (SSSR count). The van der Waals surface area contributed by atoms with Crippen LogP contribution < -0.4 is 0 Å². The summed E-state index contributed by atoms with van der Waals surface area (Å²) in [6.45, 7) is 7.88. The molecule has 0 atom stereocenters. The van der Waals surface area contributed by atoms with Gasteiger partial charge < -0.3 is 9.30 Å². The average Bonchev–Trinajstić information content (AvgIpc) is 3.22. The number of amides is 1. The summed E-state index contributed by atoms with van der Waals surface area (Å²) < 4.78 is 1.97. The van der Waals surface area contributed by atoms with Crippen LogP contribution in [0.25, 0.3) is 5.65 Å². The van der Waals surface area contributed by atoms with Gasteiger partial charge in [0.05, 0.1) is 5.01 Å². The molecule has 5 nitrogen and oxygen atoms in total. The number of piperidine rings is 1. The summed E-state index contributed by atoms with van der Waals surface area (Å²) in [5, 5.41) is 1.19. The molecule has 0 aromatic carbocycles. The quantitative estimate of drug-likeness (QED) is 0.706. The fraction of sp³-hybridized carbons (Fsp3) is 0.421. The van der Waals surface area contributed by atoms with Crippen LogP contribution in [0.1, 0.15) is 45.8 Å². The number of likely N-dealkylation sites (tertiary alicyclic amines) is 1. The van der Waals surface area contributed by atoms with Gasteiger partial charge in [-0.3, -0.25) is 4.79 Å². The number of aromatic nitrogens is 3. The summed E-state index contributed by atoms with van der Waals surface area (Å²) in [5.41, 5.74) is 2.51. The molecule has 25 heavy (non-hydrogen) atoms. The topological polar surface area (TPSA) is 50.5 Å². The molecule has 3 aromatic rings. The van der Waals surface area contributed by atoms with Crippen LogP contribution in [-0.2, 0) is 5.41 Å². The van der Waals surface area contributed by atoms with E-state index in [0.717, 1.165) is 37.3 Å². The zero-order valence-corrected chi connectivity index (χ0v) is 15.6. The van der Waals surface area contributed by atoms with Crippen molar-refractivity contribution in [2.75, 3.05) is 13.1 Å². The third-order valence-corrected chi connectivity index (χ3v) is 6.43. The maximum absolute atomic E-state index is 12.9. The van der Waals surface area contributed by atoms with Crippen LogP contribution in [0.2, 0.25) is 0 Å². The maximum Gasteiger partial charge on any atom is 0.274 e. The van der Waals surface area contributed by atoms with Gasteiger partial charge in [0.1, 0.15) is 11.3 Å². The summed E-state index contributed by atoms with van der Waals surface area (Å²) in [6.07, 6.45) is 5.68. The molecule has 3 aromatic heterocycles. The Morgan fingerprint density at radius 2 is 2.00 bits per heavy atom. The van der Waals surface area contributed by atoms with Crippen LogP contribution in [0.15, 0.2) is 30.6 Å². The number of hydrogen-bond donors (Lipinski definition) is 0. The molecular formula is C19H22N4OS. The first-order valence-corrected chi connectivity index (χ1v) is 9.45. The van der Waals surface area contributed by atoms with E-state index in [1.807, 2.05) is 46.8 Å². The van der Waals surface area contributed by atoms with Crippen molar-refractivity contribution in [3.05, 3.63) is 51.9 Å². The molecule has 1 saturated heterocycles. The summed E-state index contributed by atoms with van der Waals surface area (Å²) in [6, 6.07) is 5.92. The molecule has 0 saturated carbocycles. The lowest BCUT2D eigenvalue weighted by atomic mass is 9.81. The lowest BCUT2D eigenvalue weighted by Crippen LogP contribution is -2.44. The maximum atomic E-state index is 12.9. The van der Waals surface area contributed by atoms with E-state index in [4.69, 9.17) is 0 Å². The standard InChI is InChI=1S/C19H22N4OS/c1-13-5-4-6-16-21-15(12-23(13)16)17(24)22-9-7-19(3,8-10-22)18-20-11-14(2)25-18/h4-6,11-12H,7-10H2,1-3H3. The number of carbonyl (C=O) groups is 1. The highest BCUT2D eigenvalue weighted by Gasteiger charge is 2.36. The van der Waals surface area contributed by atoms with Crippen LogP contribution >= 0.6 is 11.3 Å².